The van der Waals surface area contributed by atoms with E-state index in [2.05, 4.69) is 6.92 Å². The van der Waals surface area contributed by atoms with Crippen LogP contribution in [0.5, 0.6) is 0 Å². The Morgan fingerprint density at radius 1 is 1.55 bits per heavy atom. The van der Waals surface area contributed by atoms with Gasteiger partial charge in [-0.25, -0.2) is 4.39 Å². The van der Waals surface area contributed by atoms with Crippen molar-refractivity contribution in [2.75, 3.05) is 7.05 Å². The first-order chi connectivity index (χ1) is 5.15. The van der Waals surface area contributed by atoms with Gasteiger partial charge < -0.3 is 5.73 Å². The average molecular weight is 160 g/mol. The second-order valence-electron chi connectivity index (χ2n) is 3.39. The van der Waals surface area contributed by atoms with E-state index >= 15 is 0 Å². The summed E-state index contributed by atoms with van der Waals surface area (Å²) in [6, 6.07) is 0.403. The molecule has 1 aliphatic rings. The number of hydrogen-bond acceptors (Lipinski definition) is 2. The van der Waals surface area contributed by atoms with Crippen LogP contribution in [0.4, 0.5) is 4.39 Å². The molecule has 0 amide bonds. The fraction of sp³-hybridized carbons (Fsp3) is 1.00. The van der Waals surface area contributed by atoms with E-state index in [1.165, 1.54) is 0 Å². The molecule has 0 saturated carbocycles. The Bertz CT molecular complexity index is 129. The number of halogens is 1. The van der Waals surface area contributed by atoms with Crippen LogP contribution in [0.2, 0.25) is 0 Å². The van der Waals surface area contributed by atoms with Gasteiger partial charge in [0, 0.05) is 18.5 Å². The minimum atomic E-state index is -0.830. The number of nitrogens with two attached hydrogens (primary N) is 1. The third-order valence-corrected chi connectivity index (χ3v) is 2.56. The molecule has 66 valence electrons. The zero-order valence-electron chi connectivity index (χ0n) is 7.26. The molecule has 1 aliphatic heterocycles. The molecule has 3 heteroatoms. The molecule has 3 atom stereocenters. The molecule has 11 heavy (non-hydrogen) atoms. The Balaban J connectivity index is 2.51. The molecule has 1 saturated heterocycles. The minimum Gasteiger partial charge on any atom is -0.327 e. The molecule has 0 aromatic heterocycles. The standard InChI is InChI=1S/C8H17FN2/c1-3-7-4-6(10)5-8(9)11(7)2/h6-8H,3-5,10H2,1-2H3/t6-,7+,8+/m1/s1. The molecule has 0 aliphatic carbocycles. The second kappa shape index (κ2) is 3.50. The van der Waals surface area contributed by atoms with Gasteiger partial charge in [-0.1, -0.05) is 6.92 Å². The van der Waals surface area contributed by atoms with Crippen LogP contribution in [0.25, 0.3) is 0 Å². The van der Waals surface area contributed by atoms with E-state index < -0.39 is 6.30 Å². The maximum atomic E-state index is 13.1. The zero-order valence-corrected chi connectivity index (χ0v) is 7.26. The van der Waals surface area contributed by atoms with Crippen molar-refractivity contribution in [3.05, 3.63) is 0 Å². The maximum Gasteiger partial charge on any atom is 0.155 e. The third-order valence-electron chi connectivity index (χ3n) is 2.56. The molecule has 2 N–H and O–H groups in total. The highest BCUT2D eigenvalue weighted by atomic mass is 19.1. The largest absolute Gasteiger partial charge is 0.327 e. The summed E-state index contributed by atoms with van der Waals surface area (Å²) in [4.78, 5) is 1.80. The van der Waals surface area contributed by atoms with E-state index in [1.807, 2.05) is 7.05 Å². The van der Waals surface area contributed by atoms with Crippen molar-refractivity contribution in [2.45, 2.75) is 44.6 Å². The number of rotatable bonds is 1. The molecule has 0 bridgehead atoms. The van der Waals surface area contributed by atoms with Gasteiger partial charge in [-0.15, -0.1) is 0 Å². The van der Waals surface area contributed by atoms with Crippen molar-refractivity contribution in [3.63, 3.8) is 0 Å². The first-order valence-corrected chi connectivity index (χ1v) is 4.26. The smallest absolute Gasteiger partial charge is 0.155 e. The average Bonchev–Trinajstić information content (AvgIpc) is 1.96. The van der Waals surface area contributed by atoms with Crippen molar-refractivity contribution in [1.82, 2.24) is 4.90 Å². The third kappa shape index (κ3) is 1.91. The van der Waals surface area contributed by atoms with E-state index in [0.717, 1.165) is 12.8 Å². The van der Waals surface area contributed by atoms with Crippen LogP contribution in [0.15, 0.2) is 0 Å². The molecule has 0 spiro atoms. The molecule has 1 fully saturated rings. The minimum absolute atomic E-state index is 0.0612. The Morgan fingerprint density at radius 2 is 2.18 bits per heavy atom. The number of likely N-dealkylation sites (tertiary alicyclic amines) is 1. The number of hydrogen-bond donors (Lipinski definition) is 1. The SMILES string of the molecule is CC[C@H]1C[C@@H](N)C[C@@H](F)N1C. The Hall–Kier alpha value is -0.150. The highest BCUT2D eigenvalue weighted by Crippen LogP contribution is 2.22. The topological polar surface area (TPSA) is 29.3 Å². The summed E-state index contributed by atoms with van der Waals surface area (Å²) >= 11 is 0. The van der Waals surface area contributed by atoms with Crippen LogP contribution >= 0.6 is 0 Å². The van der Waals surface area contributed by atoms with Crippen molar-refractivity contribution in [1.29, 1.82) is 0 Å². The molecule has 0 aromatic carbocycles. The van der Waals surface area contributed by atoms with Gasteiger partial charge >= 0.3 is 0 Å². The first kappa shape index (κ1) is 8.94. The lowest BCUT2D eigenvalue weighted by atomic mass is 9.96. The number of piperidine rings is 1. The second-order valence-corrected chi connectivity index (χ2v) is 3.39. The van der Waals surface area contributed by atoms with Crippen molar-refractivity contribution >= 4 is 0 Å². The summed E-state index contributed by atoms with van der Waals surface area (Å²) in [5.41, 5.74) is 5.69. The molecular weight excluding hydrogens is 143 g/mol. The molecule has 2 nitrogen and oxygen atoms in total. The van der Waals surface area contributed by atoms with E-state index in [4.69, 9.17) is 5.73 Å². The van der Waals surface area contributed by atoms with Crippen molar-refractivity contribution in [2.24, 2.45) is 5.73 Å². The highest BCUT2D eigenvalue weighted by Gasteiger charge is 2.30. The molecular formula is C8H17FN2. The van der Waals surface area contributed by atoms with Gasteiger partial charge in [0.25, 0.3) is 0 Å². The first-order valence-electron chi connectivity index (χ1n) is 4.26. The van der Waals surface area contributed by atoms with Crippen molar-refractivity contribution in [3.8, 4) is 0 Å². The van der Waals surface area contributed by atoms with E-state index in [9.17, 15) is 4.39 Å². The highest BCUT2D eigenvalue weighted by molar-refractivity contribution is 4.83. The Morgan fingerprint density at radius 3 is 2.73 bits per heavy atom. The van der Waals surface area contributed by atoms with Gasteiger partial charge in [0.2, 0.25) is 0 Å². The van der Waals surface area contributed by atoms with Crippen LogP contribution in [0, 0.1) is 0 Å². The zero-order chi connectivity index (χ0) is 8.43. The van der Waals surface area contributed by atoms with Gasteiger partial charge in [-0.2, -0.15) is 0 Å². The fourth-order valence-corrected chi connectivity index (χ4v) is 1.71. The summed E-state index contributed by atoms with van der Waals surface area (Å²) in [6.45, 7) is 2.08. The number of nitrogens with zero attached hydrogens (tertiary/aromatic N) is 1. The summed E-state index contributed by atoms with van der Waals surface area (Å²) in [5.74, 6) is 0. The van der Waals surface area contributed by atoms with E-state index in [1.54, 1.807) is 4.90 Å². The molecule has 0 unspecified atom stereocenters. The van der Waals surface area contributed by atoms with Gasteiger partial charge in [-0.05, 0) is 19.9 Å². The van der Waals surface area contributed by atoms with Crippen LogP contribution in [0.1, 0.15) is 26.2 Å². The normalized spacial score (nSPS) is 40.9. The van der Waals surface area contributed by atoms with Crippen LogP contribution in [-0.4, -0.2) is 30.3 Å². The molecule has 0 radical (unpaired) electrons. The van der Waals surface area contributed by atoms with Gasteiger partial charge in [0.1, 0.15) is 0 Å². The van der Waals surface area contributed by atoms with Gasteiger partial charge in [0.15, 0.2) is 6.30 Å². The molecule has 0 aromatic rings. The summed E-state index contributed by atoms with van der Waals surface area (Å²) < 4.78 is 13.1. The lowest BCUT2D eigenvalue weighted by Gasteiger charge is -2.37. The predicted octanol–water partition coefficient (Wildman–Crippen LogP) is 1.11. The van der Waals surface area contributed by atoms with Crippen LogP contribution < -0.4 is 5.73 Å². The lowest BCUT2D eigenvalue weighted by molar-refractivity contribution is 0.0152. The fourth-order valence-electron chi connectivity index (χ4n) is 1.71. The van der Waals surface area contributed by atoms with Crippen LogP contribution in [0.3, 0.4) is 0 Å². The van der Waals surface area contributed by atoms with Crippen molar-refractivity contribution < 1.29 is 4.39 Å². The van der Waals surface area contributed by atoms with Crippen LogP contribution in [-0.2, 0) is 0 Å². The van der Waals surface area contributed by atoms with E-state index in [0.29, 0.717) is 12.5 Å². The lowest BCUT2D eigenvalue weighted by Crippen LogP contribution is -2.48. The Kier molecular flexibility index (Phi) is 2.84. The molecule has 1 rings (SSSR count). The number of alkyl halides is 1. The summed E-state index contributed by atoms with van der Waals surface area (Å²) in [6.07, 6.45) is 1.59. The quantitative estimate of drug-likeness (QED) is 0.582. The summed E-state index contributed by atoms with van der Waals surface area (Å²) in [5, 5.41) is 0. The molecule has 1 heterocycles. The van der Waals surface area contributed by atoms with E-state index in [-0.39, 0.29) is 6.04 Å². The predicted molar refractivity (Wildman–Crippen MR) is 43.9 cm³/mol. The monoisotopic (exact) mass is 160 g/mol. The summed E-state index contributed by atoms with van der Waals surface area (Å²) in [7, 11) is 1.84. The Labute approximate surface area is 67.6 Å². The van der Waals surface area contributed by atoms with Gasteiger partial charge in [-0.3, -0.25) is 4.90 Å². The van der Waals surface area contributed by atoms with Gasteiger partial charge in [0.05, 0.1) is 0 Å². The maximum absolute atomic E-state index is 13.1.